The SMILES string of the molecule is CCOC(=O)[C@H](C)NP(=O)(OC[C@H]1O[C@@](C#N)(c2ccc3c(N)ncnn23)[C@H](OC(=O)C(C)C)[C@@H]1OC(=O)C(C)C)Oc1ccc(C(C)(C)C)cc1. The zero-order chi connectivity index (χ0) is 38.6. The molecule has 3 heterocycles. The van der Waals surface area contributed by atoms with Crippen LogP contribution in [0.15, 0.2) is 42.7 Å². The predicted molar refractivity (Wildman–Crippen MR) is 188 cm³/mol. The van der Waals surface area contributed by atoms with Gasteiger partial charge in [-0.3, -0.25) is 18.9 Å². The molecule has 4 rings (SSSR count). The Hall–Kier alpha value is -4.55. The van der Waals surface area contributed by atoms with Gasteiger partial charge in [0, 0.05) is 0 Å². The van der Waals surface area contributed by atoms with Crippen LogP contribution in [-0.4, -0.2) is 70.1 Å². The molecule has 0 spiro atoms. The molecule has 0 saturated carbocycles. The van der Waals surface area contributed by atoms with E-state index in [1.54, 1.807) is 52.8 Å². The number of rotatable bonds is 14. The van der Waals surface area contributed by atoms with Crippen LogP contribution >= 0.6 is 7.75 Å². The van der Waals surface area contributed by atoms with Gasteiger partial charge in [0.2, 0.25) is 5.60 Å². The van der Waals surface area contributed by atoms with Crippen LogP contribution in [0.4, 0.5) is 5.82 Å². The lowest BCUT2D eigenvalue weighted by Crippen LogP contribution is -2.47. The Kier molecular flexibility index (Phi) is 12.4. The van der Waals surface area contributed by atoms with Crippen molar-refractivity contribution >= 4 is 37.0 Å². The molecule has 0 amide bonds. The molecule has 6 atom stereocenters. The van der Waals surface area contributed by atoms with Crippen molar-refractivity contribution < 1.29 is 46.9 Å². The molecule has 0 radical (unpaired) electrons. The molecular weight excluding hydrogens is 695 g/mol. The van der Waals surface area contributed by atoms with Crippen molar-refractivity contribution in [2.45, 2.75) is 97.7 Å². The van der Waals surface area contributed by atoms with Gasteiger partial charge < -0.3 is 29.2 Å². The summed E-state index contributed by atoms with van der Waals surface area (Å²) in [6.45, 7) is 15.0. The highest BCUT2D eigenvalue weighted by atomic mass is 31.2. The number of hydrogen-bond acceptors (Lipinski definition) is 14. The minimum atomic E-state index is -4.49. The zero-order valence-electron chi connectivity index (χ0n) is 30.8. The van der Waals surface area contributed by atoms with E-state index in [1.165, 1.54) is 23.8 Å². The Balaban J connectivity index is 1.79. The zero-order valence-corrected chi connectivity index (χ0v) is 31.7. The maximum absolute atomic E-state index is 14.5. The number of hydrogen-bond donors (Lipinski definition) is 2. The van der Waals surface area contributed by atoms with Crippen LogP contribution in [0.1, 0.15) is 73.6 Å². The van der Waals surface area contributed by atoms with Crippen molar-refractivity contribution in [3.63, 3.8) is 0 Å². The van der Waals surface area contributed by atoms with Crippen molar-refractivity contribution in [3.8, 4) is 11.8 Å². The van der Waals surface area contributed by atoms with Gasteiger partial charge in [0.25, 0.3) is 0 Å². The molecule has 0 bridgehead atoms. The number of benzene rings is 1. The molecule has 1 aliphatic rings. The Bertz CT molecular complexity index is 1850. The third-order valence-corrected chi connectivity index (χ3v) is 9.86. The van der Waals surface area contributed by atoms with Crippen LogP contribution in [0.3, 0.4) is 0 Å². The number of nitrogen functional groups attached to an aromatic ring is 1. The Morgan fingerprint density at radius 1 is 1.04 bits per heavy atom. The van der Waals surface area contributed by atoms with E-state index in [2.05, 4.69) is 21.2 Å². The lowest BCUT2D eigenvalue weighted by atomic mass is 9.87. The summed E-state index contributed by atoms with van der Waals surface area (Å²) in [7, 11) is -4.49. The molecule has 1 aromatic carbocycles. The summed E-state index contributed by atoms with van der Waals surface area (Å²) in [4.78, 5) is 42.9. The highest BCUT2D eigenvalue weighted by molar-refractivity contribution is 7.52. The second kappa shape index (κ2) is 16.0. The fourth-order valence-corrected chi connectivity index (χ4v) is 6.81. The van der Waals surface area contributed by atoms with Crippen molar-refractivity contribution in [2.75, 3.05) is 18.9 Å². The van der Waals surface area contributed by atoms with Gasteiger partial charge in [-0.1, -0.05) is 60.6 Å². The molecule has 52 heavy (non-hydrogen) atoms. The van der Waals surface area contributed by atoms with Crippen molar-refractivity contribution in [3.05, 3.63) is 54.0 Å². The average Bonchev–Trinajstić information content (AvgIpc) is 3.64. The first kappa shape index (κ1) is 40.2. The minimum Gasteiger partial charge on any atom is -0.465 e. The van der Waals surface area contributed by atoms with Gasteiger partial charge in [0.15, 0.2) is 18.0 Å². The van der Waals surface area contributed by atoms with Crippen LogP contribution in [0.25, 0.3) is 5.52 Å². The first-order valence-corrected chi connectivity index (χ1v) is 18.5. The molecular formula is C35H47N6O10P. The summed E-state index contributed by atoms with van der Waals surface area (Å²) in [5, 5.41) is 17.7. The maximum Gasteiger partial charge on any atom is 0.459 e. The number of nitrogens with zero attached hydrogens (tertiary/aromatic N) is 4. The molecule has 2 aromatic heterocycles. The van der Waals surface area contributed by atoms with E-state index in [4.69, 9.17) is 33.7 Å². The first-order valence-electron chi connectivity index (χ1n) is 16.9. The normalized spacial score (nSPS) is 22.1. The number of nitrogens with two attached hydrogens (primary N) is 1. The molecule has 1 unspecified atom stereocenters. The number of nitrogens with one attached hydrogen (secondary N) is 1. The molecule has 1 saturated heterocycles. The Morgan fingerprint density at radius 2 is 1.67 bits per heavy atom. The van der Waals surface area contributed by atoms with Crippen molar-refractivity contribution in [2.24, 2.45) is 11.8 Å². The van der Waals surface area contributed by atoms with E-state index >= 15 is 0 Å². The van der Waals surface area contributed by atoms with Gasteiger partial charge in [-0.2, -0.15) is 15.4 Å². The molecule has 282 valence electrons. The van der Waals surface area contributed by atoms with E-state index in [0.29, 0.717) is 5.52 Å². The molecule has 3 aromatic rings. The Labute approximate surface area is 302 Å². The maximum atomic E-state index is 14.5. The van der Waals surface area contributed by atoms with Gasteiger partial charge in [-0.15, -0.1) is 0 Å². The van der Waals surface area contributed by atoms with E-state index in [9.17, 15) is 24.2 Å². The van der Waals surface area contributed by atoms with Crippen LogP contribution in [0.5, 0.6) is 5.75 Å². The van der Waals surface area contributed by atoms with Gasteiger partial charge in [-0.05, 0) is 49.1 Å². The van der Waals surface area contributed by atoms with Gasteiger partial charge in [0.05, 0.1) is 30.7 Å². The van der Waals surface area contributed by atoms with Crippen LogP contribution in [-0.2, 0) is 53.4 Å². The summed E-state index contributed by atoms with van der Waals surface area (Å²) in [6.07, 6.45) is -3.26. The molecule has 3 N–H and O–H groups in total. The lowest BCUT2D eigenvalue weighted by Gasteiger charge is -2.29. The number of anilines is 1. The third kappa shape index (κ3) is 8.73. The predicted octanol–water partition coefficient (Wildman–Crippen LogP) is 4.61. The summed E-state index contributed by atoms with van der Waals surface area (Å²) < 4.78 is 50.9. The average molecular weight is 743 g/mol. The van der Waals surface area contributed by atoms with Gasteiger partial charge in [-0.25, -0.2) is 14.1 Å². The van der Waals surface area contributed by atoms with Crippen LogP contribution in [0.2, 0.25) is 0 Å². The number of ether oxygens (including phenoxy) is 4. The largest absolute Gasteiger partial charge is 0.465 e. The number of carbonyl (C=O) groups is 3. The number of carbonyl (C=O) groups excluding carboxylic acids is 3. The minimum absolute atomic E-state index is 0.0711. The second-order valence-corrected chi connectivity index (χ2v) is 15.7. The summed E-state index contributed by atoms with van der Waals surface area (Å²) >= 11 is 0. The number of esters is 3. The van der Waals surface area contributed by atoms with Crippen molar-refractivity contribution in [1.82, 2.24) is 19.7 Å². The lowest BCUT2D eigenvalue weighted by molar-refractivity contribution is -0.173. The fraction of sp³-hybridized carbons (Fsp3) is 0.543. The second-order valence-electron chi connectivity index (χ2n) is 14.0. The standard InChI is InChI=1S/C35H47N6O10P/c1-10-46-33(44)22(6)40-52(45,51-24-13-11-23(12-14-24)34(7,8)9)47-17-26-28(48-31(42)20(2)3)29(49-32(43)21(4)5)35(18-36,50-26)27-16-15-25-30(37)38-19-39-41(25)27/h11-16,19-22,26,28-29H,10,17H2,1-9H3,(H,40,45)(H2,37,38,39)/t22-,26+,28+,29+,35-,52?/m0/s1. The van der Waals surface area contributed by atoms with E-state index in [0.717, 1.165) is 5.56 Å². The summed E-state index contributed by atoms with van der Waals surface area (Å²) in [5.41, 5.74) is 5.13. The summed E-state index contributed by atoms with van der Waals surface area (Å²) in [5.74, 6) is -3.17. The molecule has 17 heteroatoms. The molecule has 1 fully saturated rings. The monoisotopic (exact) mass is 742 g/mol. The van der Waals surface area contributed by atoms with E-state index in [-0.39, 0.29) is 29.3 Å². The highest BCUT2D eigenvalue weighted by Gasteiger charge is 2.63. The van der Waals surface area contributed by atoms with E-state index < -0.39 is 74.1 Å². The first-order chi connectivity index (χ1) is 24.4. The van der Waals surface area contributed by atoms with E-state index in [1.807, 2.05) is 32.9 Å². The quantitative estimate of drug-likeness (QED) is 0.131. The van der Waals surface area contributed by atoms with Crippen LogP contribution < -0.4 is 15.3 Å². The topological polar surface area (TPSA) is 216 Å². The van der Waals surface area contributed by atoms with Gasteiger partial charge >= 0.3 is 25.7 Å². The third-order valence-electron chi connectivity index (χ3n) is 8.22. The molecule has 0 aliphatic carbocycles. The number of aromatic nitrogens is 3. The number of fused-ring (bicyclic) bond motifs is 1. The van der Waals surface area contributed by atoms with Crippen LogP contribution in [0, 0.1) is 23.2 Å². The van der Waals surface area contributed by atoms with Gasteiger partial charge in [0.1, 0.15) is 35.8 Å². The molecule has 1 aliphatic heterocycles. The Morgan fingerprint density at radius 3 is 2.25 bits per heavy atom. The fourth-order valence-electron chi connectivity index (χ4n) is 5.31. The number of nitriles is 1. The highest BCUT2D eigenvalue weighted by Crippen LogP contribution is 2.49. The van der Waals surface area contributed by atoms with Crippen molar-refractivity contribution in [1.29, 1.82) is 5.26 Å². The molecule has 16 nitrogen and oxygen atoms in total. The summed E-state index contributed by atoms with van der Waals surface area (Å²) in [6, 6.07) is 10.9. The smallest absolute Gasteiger partial charge is 0.459 e.